The molecule has 1 saturated heterocycles. The van der Waals surface area contributed by atoms with Gasteiger partial charge in [0.1, 0.15) is 10.1 Å². The predicted molar refractivity (Wildman–Crippen MR) is 105 cm³/mol. The molecule has 0 aromatic heterocycles. The van der Waals surface area contributed by atoms with E-state index in [1.54, 1.807) is 31.4 Å². The number of nitrogens with one attached hydrogen (secondary N) is 1. The van der Waals surface area contributed by atoms with Crippen molar-refractivity contribution in [2.75, 3.05) is 7.11 Å². The van der Waals surface area contributed by atoms with Gasteiger partial charge >= 0.3 is 0 Å². The predicted octanol–water partition coefficient (Wildman–Crippen LogP) is 5.16. The average Bonchev–Trinajstić information content (AvgIpc) is 2.87. The van der Waals surface area contributed by atoms with E-state index in [2.05, 4.69) is 5.32 Å². The van der Waals surface area contributed by atoms with Crippen LogP contribution < -0.4 is 10.1 Å². The summed E-state index contributed by atoms with van der Waals surface area (Å²) < 4.78 is 5.83. The van der Waals surface area contributed by atoms with Crippen molar-refractivity contribution in [2.24, 2.45) is 0 Å². The van der Waals surface area contributed by atoms with E-state index in [1.165, 1.54) is 11.8 Å². The van der Waals surface area contributed by atoms with Crippen molar-refractivity contribution in [3.63, 3.8) is 0 Å². The molecular formula is C17H11Cl2NO2S2. The summed E-state index contributed by atoms with van der Waals surface area (Å²) in [5.74, 6) is 0.439. The molecule has 7 heteroatoms. The van der Waals surface area contributed by atoms with Crippen molar-refractivity contribution in [2.45, 2.75) is 0 Å². The molecule has 1 amide bonds. The molecule has 0 bridgehead atoms. The molecule has 2 aromatic rings. The van der Waals surface area contributed by atoms with Gasteiger partial charge in [0, 0.05) is 21.2 Å². The molecule has 2 aromatic carbocycles. The van der Waals surface area contributed by atoms with E-state index in [9.17, 15) is 4.79 Å². The Morgan fingerprint density at radius 2 is 2.00 bits per heavy atom. The average molecular weight is 396 g/mol. The highest BCUT2D eigenvalue weighted by Crippen LogP contribution is 2.35. The summed E-state index contributed by atoms with van der Waals surface area (Å²) in [7, 11) is 1.58. The summed E-state index contributed by atoms with van der Waals surface area (Å²) in [6, 6.07) is 10.9. The van der Waals surface area contributed by atoms with Crippen molar-refractivity contribution in [1.29, 1.82) is 0 Å². The maximum Gasteiger partial charge on any atom is 0.263 e. The fourth-order valence-electron chi connectivity index (χ4n) is 2.30. The van der Waals surface area contributed by atoms with Gasteiger partial charge < -0.3 is 10.1 Å². The number of rotatable bonds is 3. The zero-order chi connectivity index (χ0) is 17.3. The largest absolute Gasteiger partial charge is 0.496 e. The quantitative estimate of drug-likeness (QED) is 0.575. The first-order valence-electron chi connectivity index (χ1n) is 6.86. The van der Waals surface area contributed by atoms with Gasteiger partial charge in [0.2, 0.25) is 0 Å². The minimum absolute atomic E-state index is 0.210. The van der Waals surface area contributed by atoms with Crippen molar-refractivity contribution in [1.82, 2.24) is 5.32 Å². The number of hydrogen-bond donors (Lipinski definition) is 1. The summed E-state index contributed by atoms with van der Waals surface area (Å²) in [5.41, 5.74) is 2.44. The molecule has 0 aliphatic carbocycles. The number of carbonyl (C=O) groups is 1. The molecule has 3 nitrogen and oxygen atoms in total. The molecule has 1 N–H and O–H groups in total. The Kier molecular flexibility index (Phi) is 5.15. The molecule has 0 spiro atoms. The number of halogens is 2. The highest BCUT2D eigenvalue weighted by Gasteiger charge is 2.22. The van der Waals surface area contributed by atoms with Crippen LogP contribution in [0.1, 0.15) is 5.56 Å². The van der Waals surface area contributed by atoms with E-state index in [4.69, 9.17) is 40.2 Å². The maximum absolute atomic E-state index is 11.9. The number of thioether (sulfide) groups is 1. The lowest BCUT2D eigenvalue weighted by atomic mass is 10.0. The smallest absolute Gasteiger partial charge is 0.263 e. The molecule has 1 heterocycles. The Labute approximate surface area is 159 Å². The van der Waals surface area contributed by atoms with Crippen LogP contribution in [0.15, 0.2) is 41.3 Å². The Bertz CT molecular complexity index is 881. The normalized spacial score (nSPS) is 15.7. The van der Waals surface area contributed by atoms with Crippen LogP contribution in [0, 0.1) is 0 Å². The zero-order valence-corrected chi connectivity index (χ0v) is 15.6. The highest BCUT2D eigenvalue weighted by atomic mass is 35.5. The number of benzene rings is 2. The molecule has 1 fully saturated rings. The third-order valence-corrected chi connectivity index (χ3v) is 5.13. The molecule has 24 heavy (non-hydrogen) atoms. The van der Waals surface area contributed by atoms with E-state index in [0.717, 1.165) is 16.7 Å². The van der Waals surface area contributed by atoms with Crippen molar-refractivity contribution >= 4 is 63.5 Å². The highest BCUT2D eigenvalue weighted by molar-refractivity contribution is 8.26. The van der Waals surface area contributed by atoms with Crippen LogP contribution in [0.2, 0.25) is 10.0 Å². The van der Waals surface area contributed by atoms with E-state index >= 15 is 0 Å². The molecule has 1 aliphatic rings. The number of thiocarbonyl (C=S) groups is 1. The van der Waals surface area contributed by atoms with Gasteiger partial charge in [-0.15, -0.1) is 0 Å². The molecule has 1 aliphatic heterocycles. The monoisotopic (exact) mass is 395 g/mol. The third kappa shape index (κ3) is 3.59. The lowest BCUT2D eigenvalue weighted by molar-refractivity contribution is -0.115. The zero-order valence-electron chi connectivity index (χ0n) is 12.4. The summed E-state index contributed by atoms with van der Waals surface area (Å²) in [6.45, 7) is 0. The van der Waals surface area contributed by atoms with Gasteiger partial charge in [-0.3, -0.25) is 4.79 Å². The van der Waals surface area contributed by atoms with Crippen molar-refractivity contribution < 1.29 is 9.53 Å². The van der Waals surface area contributed by atoms with Gasteiger partial charge in [-0.05, 0) is 42.0 Å². The minimum atomic E-state index is -0.210. The summed E-state index contributed by atoms with van der Waals surface area (Å²) in [6.07, 6.45) is 1.75. The van der Waals surface area contributed by atoms with Gasteiger partial charge in [-0.25, -0.2) is 0 Å². The first-order valence-corrected chi connectivity index (χ1v) is 8.84. The Hall–Kier alpha value is -1.53. The topological polar surface area (TPSA) is 38.3 Å². The Balaban J connectivity index is 2.09. The first-order chi connectivity index (χ1) is 11.5. The molecule has 122 valence electrons. The molecule has 0 unspecified atom stereocenters. The van der Waals surface area contributed by atoms with Gasteiger partial charge in [0.15, 0.2) is 0 Å². The number of amides is 1. The van der Waals surface area contributed by atoms with Crippen LogP contribution in [-0.4, -0.2) is 17.3 Å². The second-order valence-electron chi connectivity index (χ2n) is 4.93. The van der Waals surface area contributed by atoms with Crippen LogP contribution in [0.4, 0.5) is 0 Å². The first kappa shape index (κ1) is 17.3. The molecule has 0 saturated carbocycles. The van der Waals surface area contributed by atoms with Gasteiger partial charge in [0.25, 0.3) is 5.91 Å². The van der Waals surface area contributed by atoms with Crippen LogP contribution >= 0.6 is 47.2 Å². The maximum atomic E-state index is 11.9. The number of hydrogen-bond acceptors (Lipinski definition) is 4. The number of methoxy groups -OCH3 is 1. The second-order valence-corrected chi connectivity index (χ2v) is 7.50. The lowest BCUT2D eigenvalue weighted by Gasteiger charge is -2.10. The van der Waals surface area contributed by atoms with Gasteiger partial charge in [-0.1, -0.05) is 53.2 Å². The third-order valence-electron chi connectivity index (χ3n) is 3.40. The van der Waals surface area contributed by atoms with Crippen LogP contribution in [0.25, 0.3) is 17.2 Å². The van der Waals surface area contributed by atoms with Crippen LogP contribution in [0.3, 0.4) is 0 Å². The SMILES string of the molecule is COc1ccc(-c2cc(Cl)ccc2Cl)cc1/C=C1\SC(=S)NC1=O. The van der Waals surface area contributed by atoms with Crippen LogP contribution in [-0.2, 0) is 4.79 Å². The van der Waals surface area contributed by atoms with Crippen molar-refractivity contribution in [3.05, 3.63) is 56.9 Å². The molecule has 0 atom stereocenters. The van der Waals surface area contributed by atoms with E-state index in [1.807, 2.05) is 18.2 Å². The summed E-state index contributed by atoms with van der Waals surface area (Å²) >= 11 is 18.6. The van der Waals surface area contributed by atoms with E-state index < -0.39 is 0 Å². The minimum Gasteiger partial charge on any atom is -0.496 e. The van der Waals surface area contributed by atoms with Crippen molar-refractivity contribution in [3.8, 4) is 16.9 Å². The number of ether oxygens (including phenoxy) is 1. The fraction of sp³-hybridized carbons (Fsp3) is 0.0588. The molecular weight excluding hydrogens is 385 g/mol. The van der Waals surface area contributed by atoms with Crippen LogP contribution in [0.5, 0.6) is 5.75 Å². The number of carbonyl (C=O) groups excluding carboxylic acids is 1. The summed E-state index contributed by atoms with van der Waals surface area (Å²) in [4.78, 5) is 12.4. The Morgan fingerprint density at radius 1 is 1.21 bits per heavy atom. The molecule has 0 radical (unpaired) electrons. The van der Waals surface area contributed by atoms with E-state index in [-0.39, 0.29) is 5.91 Å². The lowest BCUT2D eigenvalue weighted by Crippen LogP contribution is -2.17. The standard InChI is InChI=1S/C17H11Cl2NO2S2/c1-22-14-5-2-9(12-8-11(18)3-4-13(12)19)6-10(14)7-15-16(21)20-17(23)24-15/h2-8H,1H3,(H,20,21,23)/b15-7-. The van der Waals surface area contributed by atoms with Gasteiger partial charge in [0.05, 0.1) is 12.0 Å². The van der Waals surface area contributed by atoms with E-state index in [0.29, 0.717) is 25.0 Å². The Morgan fingerprint density at radius 3 is 2.67 bits per heavy atom. The summed E-state index contributed by atoms with van der Waals surface area (Å²) in [5, 5.41) is 3.79. The molecule has 3 rings (SSSR count). The van der Waals surface area contributed by atoms with Gasteiger partial charge in [-0.2, -0.15) is 0 Å². The fourth-order valence-corrected chi connectivity index (χ4v) is 3.73. The second kappa shape index (κ2) is 7.15.